The molecule has 17 heavy (non-hydrogen) atoms. The molecule has 1 aliphatic heterocycles. The van der Waals surface area contributed by atoms with Crippen LogP contribution in [0, 0.1) is 5.92 Å². The molecule has 0 fully saturated rings. The van der Waals surface area contributed by atoms with Crippen LogP contribution < -0.4 is 5.32 Å². The SMILES string of the molecule is CC1CN=C(Nc2ccc(C(C)C)cc2)SC1. The minimum Gasteiger partial charge on any atom is -0.335 e. The van der Waals surface area contributed by atoms with E-state index >= 15 is 0 Å². The highest BCUT2D eigenvalue weighted by Crippen LogP contribution is 2.21. The fraction of sp³-hybridized carbons (Fsp3) is 0.500. The van der Waals surface area contributed by atoms with Gasteiger partial charge in [0.25, 0.3) is 0 Å². The van der Waals surface area contributed by atoms with Crippen molar-refractivity contribution in [3.05, 3.63) is 29.8 Å². The van der Waals surface area contributed by atoms with Crippen LogP contribution in [0.5, 0.6) is 0 Å². The molecule has 1 heterocycles. The molecule has 92 valence electrons. The van der Waals surface area contributed by atoms with Crippen molar-refractivity contribution < 1.29 is 0 Å². The van der Waals surface area contributed by atoms with Gasteiger partial charge in [-0.2, -0.15) is 0 Å². The molecule has 2 rings (SSSR count). The molecule has 0 bridgehead atoms. The smallest absolute Gasteiger partial charge is 0.161 e. The Morgan fingerprint density at radius 2 is 2.00 bits per heavy atom. The number of hydrogen-bond donors (Lipinski definition) is 1. The Bertz CT molecular complexity index is 395. The molecule has 1 aromatic carbocycles. The van der Waals surface area contributed by atoms with Gasteiger partial charge in [-0.15, -0.1) is 0 Å². The van der Waals surface area contributed by atoms with Gasteiger partial charge in [0.1, 0.15) is 0 Å². The third-order valence-electron chi connectivity index (χ3n) is 2.88. The molecule has 0 saturated heterocycles. The van der Waals surface area contributed by atoms with Crippen molar-refractivity contribution in [3.63, 3.8) is 0 Å². The molecule has 1 unspecified atom stereocenters. The van der Waals surface area contributed by atoms with Crippen molar-refractivity contribution >= 4 is 22.6 Å². The van der Waals surface area contributed by atoms with Gasteiger partial charge in [-0.1, -0.05) is 44.7 Å². The first-order valence-corrected chi connectivity index (χ1v) is 7.18. The van der Waals surface area contributed by atoms with E-state index in [0.29, 0.717) is 11.8 Å². The lowest BCUT2D eigenvalue weighted by Gasteiger charge is -2.18. The first-order valence-electron chi connectivity index (χ1n) is 6.19. The fourth-order valence-electron chi connectivity index (χ4n) is 1.71. The normalized spacial score (nSPS) is 20.2. The van der Waals surface area contributed by atoms with E-state index in [2.05, 4.69) is 55.3 Å². The van der Waals surface area contributed by atoms with Gasteiger partial charge in [-0.05, 0) is 29.5 Å². The molecule has 0 saturated carbocycles. The van der Waals surface area contributed by atoms with Crippen LogP contribution in [0.4, 0.5) is 5.69 Å². The Labute approximate surface area is 108 Å². The van der Waals surface area contributed by atoms with Gasteiger partial charge < -0.3 is 5.32 Å². The lowest BCUT2D eigenvalue weighted by Crippen LogP contribution is -2.18. The number of nitrogens with one attached hydrogen (secondary N) is 1. The van der Waals surface area contributed by atoms with Gasteiger partial charge in [-0.25, -0.2) is 0 Å². The van der Waals surface area contributed by atoms with Gasteiger partial charge >= 0.3 is 0 Å². The van der Waals surface area contributed by atoms with Crippen molar-refractivity contribution in [1.82, 2.24) is 0 Å². The van der Waals surface area contributed by atoms with Crippen molar-refractivity contribution in [1.29, 1.82) is 0 Å². The third-order valence-corrected chi connectivity index (χ3v) is 4.12. The summed E-state index contributed by atoms with van der Waals surface area (Å²) in [5, 5.41) is 4.44. The molecule has 1 aromatic rings. The summed E-state index contributed by atoms with van der Waals surface area (Å²) in [4.78, 5) is 4.53. The maximum atomic E-state index is 4.53. The predicted molar refractivity (Wildman–Crippen MR) is 78.1 cm³/mol. The number of anilines is 1. The fourth-order valence-corrected chi connectivity index (χ4v) is 2.61. The zero-order chi connectivity index (χ0) is 12.3. The number of hydrogen-bond acceptors (Lipinski definition) is 3. The van der Waals surface area contributed by atoms with E-state index < -0.39 is 0 Å². The molecular formula is C14H20N2S. The lowest BCUT2D eigenvalue weighted by molar-refractivity contribution is 0.674. The van der Waals surface area contributed by atoms with E-state index in [1.807, 2.05) is 11.8 Å². The first kappa shape index (κ1) is 12.5. The Morgan fingerprint density at radius 1 is 1.29 bits per heavy atom. The minimum absolute atomic E-state index is 0.589. The molecule has 0 aromatic heterocycles. The molecule has 1 aliphatic rings. The summed E-state index contributed by atoms with van der Waals surface area (Å²) in [5.74, 6) is 2.45. The molecule has 3 heteroatoms. The molecule has 0 aliphatic carbocycles. The number of amidine groups is 1. The van der Waals surface area contributed by atoms with Crippen LogP contribution in [-0.4, -0.2) is 17.5 Å². The van der Waals surface area contributed by atoms with Crippen molar-refractivity contribution in [2.45, 2.75) is 26.7 Å². The van der Waals surface area contributed by atoms with Crippen LogP contribution in [0.25, 0.3) is 0 Å². The maximum absolute atomic E-state index is 4.53. The van der Waals surface area contributed by atoms with Crippen LogP contribution in [0.1, 0.15) is 32.3 Å². The van der Waals surface area contributed by atoms with Crippen LogP contribution in [0.15, 0.2) is 29.3 Å². The summed E-state index contributed by atoms with van der Waals surface area (Å²) < 4.78 is 0. The molecule has 1 atom stereocenters. The van der Waals surface area contributed by atoms with Crippen molar-refractivity contribution in [3.8, 4) is 0 Å². The highest BCUT2D eigenvalue weighted by atomic mass is 32.2. The van der Waals surface area contributed by atoms with Gasteiger partial charge in [0.15, 0.2) is 5.17 Å². The zero-order valence-electron chi connectivity index (χ0n) is 10.7. The monoisotopic (exact) mass is 248 g/mol. The summed E-state index contributed by atoms with van der Waals surface area (Å²) in [5.41, 5.74) is 2.51. The van der Waals surface area contributed by atoms with E-state index in [0.717, 1.165) is 23.2 Å². The number of aliphatic imine (C=N–C) groups is 1. The highest BCUT2D eigenvalue weighted by Gasteiger charge is 2.11. The van der Waals surface area contributed by atoms with E-state index in [1.54, 1.807) is 0 Å². The number of thioether (sulfide) groups is 1. The Hall–Kier alpha value is -0.960. The number of rotatable bonds is 2. The molecule has 0 radical (unpaired) electrons. The Balaban J connectivity index is 1.99. The van der Waals surface area contributed by atoms with Crippen molar-refractivity contribution in [2.75, 3.05) is 17.6 Å². The average molecular weight is 248 g/mol. The second kappa shape index (κ2) is 5.58. The quantitative estimate of drug-likeness (QED) is 0.856. The van der Waals surface area contributed by atoms with E-state index in [-0.39, 0.29) is 0 Å². The summed E-state index contributed by atoms with van der Waals surface area (Å²) in [6, 6.07) is 8.64. The molecule has 0 amide bonds. The number of benzene rings is 1. The zero-order valence-corrected chi connectivity index (χ0v) is 11.6. The van der Waals surface area contributed by atoms with E-state index in [9.17, 15) is 0 Å². The van der Waals surface area contributed by atoms with Crippen LogP contribution in [0.2, 0.25) is 0 Å². The van der Waals surface area contributed by atoms with Gasteiger partial charge in [0.05, 0.1) is 0 Å². The van der Waals surface area contributed by atoms with E-state index in [4.69, 9.17) is 0 Å². The lowest BCUT2D eigenvalue weighted by atomic mass is 10.0. The van der Waals surface area contributed by atoms with Gasteiger partial charge in [0.2, 0.25) is 0 Å². The van der Waals surface area contributed by atoms with Crippen molar-refractivity contribution in [2.24, 2.45) is 10.9 Å². The molecule has 1 N–H and O–H groups in total. The third kappa shape index (κ3) is 3.50. The summed E-state index contributed by atoms with van der Waals surface area (Å²) >= 11 is 1.82. The van der Waals surface area contributed by atoms with Gasteiger partial charge in [0, 0.05) is 18.0 Å². The maximum Gasteiger partial charge on any atom is 0.161 e. The average Bonchev–Trinajstić information content (AvgIpc) is 2.33. The van der Waals surface area contributed by atoms with Crippen LogP contribution >= 0.6 is 11.8 Å². The standard InChI is InChI=1S/C14H20N2S/c1-10(2)12-4-6-13(7-5-12)16-14-15-8-11(3)9-17-14/h4-7,10-11H,8-9H2,1-3H3,(H,15,16). The largest absolute Gasteiger partial charge is 0.335 e. The summed E-state index contributed by atoms with van der Waals surface area (Å²) in [6.07, 6.45) is 0. The molecule has 2 nitrogen and oxygen atoms in total. The van der Waals surface area contributed by atoms with E-state index in [1.165, 1.54) is 5.56 Å². The predicted octanol–water partition coefficient (Wildman–Crippen LogP) is 3.96. The minimum atomic E-state index is 0.589. The second-order valence-corrected chi connectivity index (χ2v) is 5.97. The van der Waals surface area contributed by atoms with Crippen LogP contribution in [0.3, 0.4) is 0 Å². The highest BCUT2D eigenvalue weighted by molar-refractivity contribution is 8.14. The first-order chi connectivity index (χ1) is 8.15. The second-order valence-electron chi connectivity index (χ2n) is 4.96. The topological polar surface area (TPSA) is 24.4 Å². The summed E-state index contributed by atoms with van der Waals surface area (Å²) in [6.45, 7) is 7.61. The summed E-state index contributed by atoms with van der Waals surface area (Å²) in [7, 11) is 0. The Kier molecular flexibility index (Phi) is 4.11. The van der Waals surface area contributed by atoms with Gasteiger partial charge in [-0.3, -0.25) is 4.99 Å². The molecule has 0 spiro atoms. The molecular weight excluding hydrogens is 228 g/mol. The van der Waals surface area contributed by atoms with Crippen LogP contribution in [-0.2, 0) is 0 Å². The number of nitrogens with zero attached hydrogens (tertiary/aromatic N) is 1. The Morgan fingerprint density at radius 3 is 2.53 bits per heavy atom.